The lowest BCUT2D eigenvalue weighted by Gasteiger charge is -2.33. The van der Waals surface area contributed by atoms with Crippen molar-refractivity contribution in [2.75, 3.05) is 5.32 Å². The van der Waals surface area contributed by atoms with Crippen molar-refractivity contribution in [1.29, 1.82) is 0 Å². The molecule has 1 saturated carbocycles. The summed E-state index contributed by atoms with van der Waals surface area (Å²) in [4.78, 5) is 10.6. The van der Waals surface area contributed by atoms with E-state index < -0.39 is 10.7 Å². The van der Waals surface area contributed by atoms with Crippen LogP contribution in [0, 0.1) is 27.8 Å². The second kappa shape index (κ2) is 6.08. The zero-order valence-corrected chi connectivity index (χ0v) is 13.1. The van der Waals surface area contributed by atoms with Crippen LogP contribution in [0.5, 0.6) is 0 Å². The van der Waals surface area contributed by atoms with Crippen LogP contribution < -0.4 is 5.32 Å². The number of anilines is 1. The van der Waals surface area contributed by atoms with Crippen molar-refractivity contribution in [2.45, 2.75) is 39.2 Å². The molecule has 3 unspecified atom stereocenters. The fourth-order valence-corrected chi connectivity index (χ4v) is 3.03. The maximum Gasteiger partial charge on any atom is 0.293 e. The summed E-state index contributed by atoms with van der Waals surface area (Å²) in [6, 6.07) is 2.58. The largest absolute Gasteiger partial charge is 0.377 e. The third-order valence-corrected chi connectivity index (χ3v) is 4.80. The average Bonchev–Trinajstić information content (AvgIpc) is 2.37. The van der Waals surface area contributed by atoms with Gasteiger partial charge >= 0.3 is 0 Å². The Balaban J connectivity index is 2.20. The second-order valence-corrected chi connectivity index (χ2v) is 6.50. The highest BCUT2D eigenvalue weighted by atomic mass is 79.9. The minimum Gasteiger partial charge on any atom is -0.377 e. The number of hydrogen-bond acceptors (Lipinski definition) is 3. The highest BCUT2D eigenvalue weighted by Gasteiger charge is 2.26. The first kappa shape index (κ1) is 15.2. The lowest BCUT2D eigenvalue weighted by molar-refractivity contribution is -0.384. The van der Waals surface area contributed by atoms with Crippen LogP contribution in [0.1, 0.15) is 33.1 Å². The Bertz CT molecular complexity index is 524. The van der Waals surface area contributed by atoms with Crippen molar-refractivity contribution in [3.8, 4) is 0 Å². The Hall–Kier alpha value is -1.17. The first-order valence-electron chi connectivity index (χ1n) is 6.78. The SMILES string of the molecule is CC1CCC(Nc2cc(F)c(Br)cc2[N+](=O)[O-])CC1C. The molecule has 1 N–H and O–H groups in total. The molecule has 0 radical (unpaired) electrons. The van der Waals surface area contributed by atoms with Crippen molar-refractivity contribution < 1.29 is 9.31 Å². The summed E-state index contributed by atoms with van der Waals surface area (Å²) in [5, 5.41) is 14.2. The van der Waals surface area contributed by atoms with Gasteiger partial charge in [0.15, 0.2) is 0 Å². The zero-order chi connectivity index (χ0) is 14.9. The standard InChI is InChI=1S/C14H18BrFN2O2/c1-8-3-4-10(5-9(8)2)17-13-7-12(16)11(15)6-14(13)18(19)20/h6-10,17H,3-5H2,1-2H3. The summed E-state index contributed by atoms with van der Waals surface area (Å²) in [6.07, 6.45) is 3.00. The lowest BCUT2D eigenvalue weighted by Crippen LogP contribution is -2.30. The summed E-state index contributed by atoms with van der Waals surface area (Å²) < 4.78 is 13.7. The Kier molecular flexibility index (Phi) is 4.62. The molecule has 1 aliphatic carbocycles. The number of hydrogen-bond donors (Lipinski definition) is 1. The highest BCUT2D eigenvalue weighted by molar-refractivity contribution is 9.10. The molecule has 1 aromatic carbocycles. The smallest absolute Gasteiger partial charge is 0.293 e. The quantitative estimate of drug-likeness (QED) is 0.636. The number of nitro groups is 1. The normalized spacial score (nSPS) is 26.3. The monoisotopic (exact) mass is 344 g/mol. The van der Waals surface area contributed by atoms with Crippen LogP contribution in [0.3, 0.4) is 0 Å². The van der Waals surface area contributed by atoms with E-state index >= 15 is 0 Å². The van der Waals surface area contributed by atoms with E-state index in [1.807, 2.05) is 0 Å². The lowest BCUT2D eigenvalue weighted by atomic mass is 9.79. The molecule has 110 valence electrons. The molecule has 2 rings (SSSR count). The summed E-state index contributed by atoms with van der Waals surface area (Å²) in [7, 11) is 0. The Morgan fingerprint density at radius 3 is 2.65 bits per heavy atom. The maximum atomic E-state index is 13.6. The third kappa shape index (κ3) is 3.29. The minimum atomic E-state index is -0.490. The fourth-order valence-electron chi connectivity index (χ4n) is 2.70. The molecule has 6 heteroatoms. The fraction of sp³-hybridized carbons (Fsp3) is 0.571. The zero-order valence-electron chi connectivity index (χ0n) is 11.5. The molecular weight excluding hydrogens is 327 g/mol. The molecule has 0 aliphatic heterocycles. The van der Waals surface area contributed by atoms with Crippen molar-refractivity contribution in [3.63, 3.8) is 0 Å². The Labute approximate surface area is 126 Å². The van der Waals surface area contributed by atoms with Gasteiger partial charge in [0.25, 0.3) is 5.69 Å². The average molecular weight is 345 g/mol. The number of nitrogens with zero attached hydrogens (tertiary/aromatic N) is 1. The number of nitro benzene ring substituents is 1. The molecule has 20 heavy (non-hydrogen) atoms. The number of rotatable bonds is 3. The van der Waals surface area contributed by atoms with Gasteiger partial charge in [-0.1, -0.05) is 13.8 Å². The van der Waals surface area contributed by atoms with Crippen LogP contribution in [-0.4, -0.2) is 11.0 Å². The molecule has 0 spiro atoms. The molecular formula is C14H18BrFN2O2. The molecule has 1 fully saturated rings. The molecule has 0 bridgehead atoms. The van der Waals surface area contributed by atoms with Crippen LogP contribution in [0.15, 0.2) is 16.6 Å². The van der Waals surface area contributed by atoms with Gasteiger partial charge in [-0.3, -0.25) is 10.1 Å². The maximum absolute atomic E-state index is 13.6. The van der Waals surface area contributed by atoms with E-state index in [4.69, 9.17) is 0 Å². The van der Waals surface area contributed by atoms with Gasteiger partial charge in [0.1, 0.15) is 11.5 Å². The van der Waals surface area contributed by atoms with E-state index in [0.717, 1.165) is 19.3 Å². The van der Waals surface area contributed by atoms with Gasteiger partial charge in [-0.2, -0.15) is 0 Å². The number of benzene rings is 1. The first-order chi connectivity index (χ1) is 9.38. The van der Waals surface area contributed by atoms with Gasteiger partial charge in [-0.05, 0) is 47.0 Å². The van der Waals surface area contributed by atoms with Gasteiger partial charge in [-0.15, -0.1) is 0 Å². The molecule has 4 nitrogen and oxygen atoms in total. The van der Waals surface area contributed by atoms with Crippen molar-refractivity contribution >= 4 is 27.3 Å². The van der Waals surface area contributed by atoms with Crippen molar-refractivity contribution in [1.82, 2.24) is 0 Å². The van der Waals surface area contributed by atoms with Gasteiger partial charge in [0.2, 0.25) is 0 Å². The van der Waals surface area contributed by atoms with Crippen LogP contribution in [0.2, 0.25) is 0 Å². The molecule has 0 amide bonds. The van der Waals surface area contributed by atoms with Gasteiger partial charge < -0.3 is 5.32 Å². The minimum absolute atomic E-state index is 0.0930. The van der Waals surface area contributed by atoms with Crippen molar-refractivity contribution in [2.24, 2.45) is 11.8 Å². The van der Waals surface area contributed by atoms with Gasteiger partial charge in [0, 0.05) is 18.2 Å². The van der Waals surface area contributed by atoms with E-state index in [1.165, 1.54) is 12.1 Å². The van der Waals surface area contributed by atoms with Crippen LogP contribution in [-0.2, 0) is 0 Å². The van der Waals surface area contributed by atoms with E-state index in [1.54, 1.807) is 0 Å². The molecule has 3 atom stereocenters. The van der Waals surface area contributed by atoms with E-state index in [2.05, 4.69) is 35.1 Å². The summed E-state index contributed by atoms with van der Waals surface area (Å²) in [6.45, 7) is 4.41. The van der Waals surface area contributed by atoms with Gasteiger partial charge in [0.05, 0.1) is 9.40 Å². The van der Waals surface area contributed by atoms with E-state index in [0.29, 0.717) is 11.8 Å². The topological polar surface area (TPSA) is 55.2 Å². The first-order valence-corrected chi connectivity index (χ1v) is 7.57. The second-order valence-electron chi connectivity index (χ2n) is 5.65. The van der Waals surface area contributed by atoms with Crippen LogP contribution in [0.4, 0.5) is 15.8 Å². The van der Waals surface area contributed by atoms with Crippen LogP contribution >= 0.6 is 15.9 Å². The summed E-state index contributed by atoms with van der Waals surface area (Å²) in [5.41, 5.74) is 0.173. The van der Waals surface area contributed by atoms with E-state index in [-0.39, 0.29) is 21.9 Å². The Morgan fingerprint density at radius 2 is 2.05 bits per heavy atom. The number of halogens is 2. The predicted molar refractivity (Wildman–Crippen MR) is 80.3 cm³/mol. The highest BCUT2D eigenvalue weighted by Crippen LogP contribution is 2.35. The van der Waals surface area contributed by atoms with Crippen molar-refractivity contribution in [3.05, 3.63) is 32.5 Å². The third-order valence-electron chi connectivity index (χ3n) is 4.19. The van der Waals surface area contributed by atoms with Gasteiger partial charge in [-0.25, -0.2) is 4.39 Å². The molecule has 0 aromatic heterocycles. The molecule has 1 aromatic rings. The van der Waals surface area contributed by atoms with Crippen LogP contribution in [0.25, 0.3) is 0 Å². The molecule has 0 heterocycles. The summed E-state index contributed by atoms with van der Waals surface area (Å²) in [5.74, 6) is 0.751. The molecule has 1 aliphatic rings. The Morgan fingerprint density at radius 1 is 1.35 bits per heavy atom. The predicted octanol–water partition coefficient (Wildman–Crippen LogP) is 4.73. The number of nitrogens with one attached hydrogen (secondary N) is 1. The summed E-state index contributed by atoms with van der Waals surface area (Å²) >= 11 is 2.98. The van der Waals surface area contributed by atoms with E-state index in [9.17, 15) is 14.5 Å². The molecule has 0 saturated heterocycles.